The zero-order valence-electron chi connectivity index (χ0n) is 90.4. The minimum Gasteiger partial charge on any atom is -0.373 e. The smallest absolute Gasteiger partial charge is 0.222 e. The highest BCUT2D eigenvalue weighted by atomic mass is 16.2. The summed E-state index contributed by atoms with van der Waals surface area (Å²) >= 11 is 0. The van der Waals surface area contributed by atoms with Crippen molar-refractivity contribution in [1.29, 1.82) is 0 Å². The molecule has 0 aromatic rings. The predicted molar refractivity (Wildman–Crippen MR) is 537 cm³/mol. The molecule has 0 radical (unpaired) electrons. The van der Waals surface area contributed by atoms with Crippen LogP contribution in [0.3, 0.4) is 0 Å². The van der Waals surface area contributed by atoms with Crippen molar-refractivity contribution >= 4 is 47.3 Å². The van der Waals surface area contributed by atoms with Gasteiger partial charge in [0.15, 0.2) is 0 Å². The Hall–Kier alpha value is -5.06. The topological polar surface area (TPSA) is 221 Å². The van der Waals surface area contributed by atoms with Gasteiger partial charge in [0.25, 0.3) is 0 Å². The first kappa shape index (κ1) is 121. The number of likely N-dealkylation sites (tertiary alicyclic amines) is 5. The maximum atomic E-state index is 11.7. The molecular weight excluding hydrogens is 1610 g/mol. The van der Waals surface area contributed by atoms with Crippen molar-refractivity contribution in [2.45, 2.75) is 419 Å². The Morgan fingerprint density at radius 2 is 0.477 bits per heavy atom. The van der Waals surface area contributed by atoms with E-state index in [1.54, 1.807) is 34.6 Å². The van der Waals surface area contributed by atoms with Crippen LogP contribution in [0.15, 0.2) is 12.3 Å². The van der Waals surface area contributed by atoms with E-state index in [1.807, 2.05) is 52.4 Å². The number of nitrogens with zero attached hydrogens (tertiary/aromatic N) is 15. The second-order valence-electron chi connectivity index (χ2n) is 46.4. The number of hydrogen-bond donors (Lipinski definition) is 3. The third-order valence-corrected chi connectivity index (χ3v) is 27.1. The van der Waals surface area contributed by atoms with E-state index in [0.29, 0.717) is 66.8 Å². The van der Waals surface area contributed by atoms with Crippen LogP contribution in [0.5, 0.6) is 0 Å². The molecule has 0 saturated carbocycles. The average Bonchev–Trinajstić information content (AvgIpc) is 0.841. The molecular formula is C102H204N18O8. The van der Waals surface area contributed by atoms with E-state index in [2.05, 4.69) is 272 Å². The van der Waals surface area contributed by atoms with E-state index in [0.717, 1.165) is 241 Å². The zero-order chi connectivity index (χ0) is 98.6. The molecule has 9 saturated heterocycles. The average molecular weight is 1810 g/mol. The number of nitrogens with one attached hydrogen (secondary N) is 3. The largest absolute Gasteiger partial charge is 0.373 e. The Morgan fingerprint density at radius 3 is 0.664 bits per heavy atom. The summed E-state index contributed by atoms with van der Waals surface area (Å²) in [7, 11) is 3.83. The fraction of sp³-hybridized carbons (Fsp3) is 0.902. The molecule has 0 atom stereocenters. The lowest BCUT2D eigenvalue weighted by Crippen LogP contribution is -2.54. The van der Waals surface area contributed by atoms with Gasteiger partial charge in [-0.25, -0.2) is 0 Å². The van der Waals surface area contributed by atoms with Crippen molar-refractivity contribution < 1.29 is 38.4 Å². The van der Waals surface area contributed by atoms with Crippen LogP contribution in [0.4, 0.5) is 0 Å². The number of carbonyl (C=O) groups excluding carboxylic acids is 8. The summed E-state index contributed by atoms with van der Waals surface area (Å²) < 4.78 is 0. The molecule has 9 fully saturated rings. The van der Waals surface area contributed by atoms with E-state index in [1.165, 1.54) is 5.70 Å². The second-order valence-corrected chi connectivity index (χ2v) is 46.4. The van der Waals surface area contributed by atoms with E-state index >= 15 is 0 Å². The Labute approximate surface area is 786 Å². The fourth-order valence-electron chi connectivity index (χ4n) is 17.7. The summed E-state index contributed by atoms with van der Waals surface area (Å²) in [6.07, 6.45) is 13.8. The van der Waals surface area contributed by atoms with Gasteiger partial charge in [-0.1, -0.05) is 27.4 Å². The number of rotatable bonds is 10. The van der Waals surface area contributed by atoms with Crippen LogP contribution in [0, 0.1) is 0 Å². The molecule has 0 bridgehead atoms. The number of piperazine rings is 4. The molecule has 0 spiro atoms. The SMILES string of the molecule is C=C(C)N1CCN(C(C)(C)C)CC1.CC(=O)N(C)C1CCN(C(C)(C)C)CC1.CC(=O)N(C)C1CCN(C(C)(C)C)CC1.CC(=O)N1CCN(C(C)(C)C)CC1.CC(=O)NC1CCN(C(C)(C)C)CC1.CC(=O)NC1CCN(C(C)(C)C)CC1.CCC(=O)N1CCN(C(C)(C)C)CC1.CCC(=O)NC1CCN(C(C)(C)C)CC1.CCCC(=O)N1CCN(C(C)(C)C)CC1. The molecule has 0 aliphatic carbocycles. The van der Waals surface area contributed by atoms with E-state index in [4.69, 9.17) is 0 Å². The van der Waals surface area contributed by atoms with Gasteiger partial charge >= 0.3 is 0 Å². The van der Waals surface area contributed by atoms with Crippen molar-refractivity contribution in [3.05, 3.63) is 12.3 Å². The quantitative estimate of drug-likeness (QED) is 0.185. The molecule has 3 N–H and O–H groups in total. The molecule has 9 aliphatic heterocycles. The van der Waals surface area contributed by atoms with Gasteiger partial charge in [-0.15, -0.1) is 0 Å². The maximum Gasteiger partial charge on any atom is 0.222 e. The summed E-state index contributed by atoms with van der Waals surface area (Å²) in [6.45, 7) is 108. The Morgan fingerprint density at radius 1 is 0.273 bits per heavy atom. The van der Waals surface area contributed by atoms with Gasteiger partial charge in [-0.2, -0.15) is 0 Å². The standard InChI is InChI=1S/4C12H24N2O.3C11H22N2O.C11H22N2.C10H20N2O/c2*1-10(15)13(5)11-6-8-14(9-7-11)12(2,3)4;1-5-11(15)13-10-6-8-14(9-7-10)12(2,3)4;1-5-6-11(15)13-7-9-14(10-8-13)12(2,3)4;2*1-9(14)12-10-5-7-13(8-6-10)11(2,3)4;1-5-10(14)12-6-8-13(9-7-12)11(2,3)4;1-10(2)12-6-8-13(9-7-12)11(3,4)5;1-9(13)11-5-7-12(8-6-11)10(2,3)4/h2*11H,6-9H2,1-5H3;10H,5-9H2,1-4H3,(H,13,15);5-10H2,1-4H3;2*10H,5-8H2,1-4H3,(H,12,14);5-9H2,1-4H3;1,6-9H2,2-5H3;5-8H2,1-4H3. The van der Waals surface area contributed by atoms with Gasteiger partial charge in [0.1, 0.15) is 0 Å². The molecule has 128 heavy (non-hydrogen) atoms. The van der Waals surface area contributed by atoms with Gasteiger partial charge in [0, 0.05) is 324 Å². The summed E-state index contributed by atoms with van der Waals surface area (Å²) in [5.41, 5.74) is 3.56. The number of amides is 8. The Kier molecular flexibility index (Phi) is 52.6. The Balaban J connectivity index is 0.000000720. The van der Waals surface area contributed by atoms with Crippen LogP contribution >= 0.6 is 0 Å². The van der Waals surface area contributed by atoms with Gasteiger partial charge < -0.3 is 45.3 Å². The lowest BCUT2D eigenvalue weighted by Gasteiger charge is -2.43. The highest BCUT2D eigenvalue weighted by molar-refractivity contribution is 5.77. The molecule has 750 valence electrons. The predicted octanol–water partition coefficient (Wildman–Crippen LogP) is 14.0. The van der Waals surface area contributed by atoms with Crippen molar-refractivity contribution in [2.75, 3.05) is 184 Å². The van der Waals surface area contributed by atoms with Crippen LogP contribution in [0.1, 0.15) is 339 Å². The van der Waals surface area contributed by atoms with Gasteiger partial charge in [-0.05, 0) is 264 Å². The molecule has 0 aromatic carbocycles. The monoisotopic (exact) mass is 1810 g/mol. The van der Waals surface area contributed by atoms with Crippen molar-refractivity contribution in [3.63, 3.8) is 0 Å². The molecule has 0 unspecified atom stereocenters. The van der Waals surface area contributed by atoms with E-state index in [9.17, 15) is 38.4 Å². The summed E-state index contributed by atoms with van der Waals surface area (Å²) in [6, 6.07) is 2.08. The third-order valence-electron chi connectivity index (χ3n) is 27.1. The minimum atomic E-state index is 0.0965. The number of piperidine rings is 5. The van der Waals surface area contributed by atoms with Crippen LogP contribution in [0.2, 0.25) is 0 Å². The van der Waals surface area contributed by atoms with Crippen molar-refractivity contribution in [1.82, 2.24) is 89.4 Å². The molecule has 9 rings (SSSR count). The Bertz CT molecular complexity index is 3040. The summed E-state index contributed by atoms with van der Waals surface area (Å²) in [5.74, 6) is 1.56. The highest BCUT2D eigenvalue weighted by Gasteiger charge is 2.36. The highest BCUT2D eigenvalue weighted by Crippen LogP contribution is 2.28. The molecule has 9 aliphatic rings. The van der Waals surface area contributed by atoms with Gasteiger partial charge in [0.05, 0.1) is 0 Å². The summed E-state index contributed by atoms with van der Waals surface area (Å²) in [4.78, 5) is 124. The van der Waals surface area contributed by atoms with Crippen molar-refractivity contribution in [3.8, 4) is 0 Å². The van der Waals surface area contributed by atoms with Gasteiger partial charge in [0.2, 0.25) is 47.3 Å². The molecule has 8 amide bonds. The van der Waals surface area contributed by atoms with Crippen LogP contribution in [0.25, 0.3) is 0 Å². The van der Waals surface area contributed by atoms with Crippen LogP contribution < -0.4 is 16.0 Å². The first-order chi connectivity index (χ1) is 58.6. The zero-order valence-corrected chi connectivity index (χ0v) is 90.4. The molecule has 9 heterocycles. The lowest BCUT2D eigenvalue weighted by atomic mass is 9.97. The maximum absolute atomic E-state index is 11.7. The second kappa shape index (κ2) is 55.7. The number of hydrogen-bond acceptors (Lipinski definition) is 18. The van der Waals surface area contributed by atoms with Crippen molar-refractivity contribution in [2.24, 2.45) is 0 Å². The lowest BCUT2D eigenvalue weighted by molar-refractivity contribution is -0.134. The summed E-state index contributed by atoms with van der Waals surface area (Å²) in [5, 5.41) is 9.05. The first-order valence-corrected chi connectivity index (χ1v) is 49.9. The van der Waals surface area contributed by atoms with Crippen LogP contribution in [-0.2, 0) is 38.4 Å². The third kappa shape index (κ3) is 48.2. The number of carbonyl (C=O) groups is 8. The van der Waals surface area contributed by atoms with Gasteiger partial charge in [-0.3, -0.25) is 82.5 Å². The minimum absolute atomic E-state index is 0.0965. The van der Waals surface area contributed by atoms with E-state index < -0.39 is 0 Å². The normalized spacial score (nSPS) is 20.3. The van der Waals surface area contributed by atoms with Crippen LogP contribution in [-0.4, -0.2) is 385 Å². The molecule has 0 aromatic heterocycles. The molecule has 26 nitrogen and oxygen atoms in total. The molecule has 26 heteroatoms. The number of allylic oxidation sites excluding steroid dienone is 1. The first-order valence-electron chi connectivity index (χ1n) is 49.9. The fourth-order valence-corrected chi connectivity index (χ4v) is 17.7. The van der Waals surface area contributed by atoms with E-state index in [-0.39, 0.29) is 79.8 Å².